The van der Waals surface area contributed by atoms with Crippen LogP contribution < -0.4 is 9.64 Å². The maximum Gasteiger partial charge on any atom is 0.435 e. The number of hydrogen-bond acceptors (Lipinski definition) is 4. The van der Waals surface area contributed by atoms with E-state index in [4.69, 9.17) is 4.74 Å². The highest BCUT2D eigenvalue weighted by Gasteiger charge is 2.40. The van der Waals surface area contributed by atoms with Crippen molar-refractivity contribution >= 4 is 23.2 Å². The third-order valence-electron chi connectivity index (χ3n) is 4.54. The van der Waals surface area contributed by atoms with Crippen molar-refractivity contribution in [1.82, 2.24) is 9.38 Å². The van der Waals surface area contributed by atoms with E-state index in [9.17, 15) is 13.2 Å². The number of aryl methyl sites for hydroxylation is 1. The number of rotatable bonds is 3. The number of aliphatic imine (C=N–C) groups is 1. The predicted octanol–water partition coefficient (Wildman–Crippen LogP) is 4.56. The number of aromatic nitrogens is 2. The smallest absolute Gasteiger partial charge is 0.435 e. The maximum absolute atomic E-state index is 13.8. The Kier molecular flexibility index (Phi) is 4.33. The number of halogens is 3. The van der Waals surface area contributed by atoms with Gasteiger partial charge in [-0.3, -0.25) is 9.39 Å². The first-order chi connectivity index (χ1) is 13.4. The Morgan fingerprint density at radius 1 is 1.07 bits per heavy atom. The molecule has 0 spiro atoms. The summed E-state index contributed by atoms with van der Waals surface area (Å²) in [6, 6.07) is 10.7. The van der Waals surface area contributed by atoms with E-state index in [1.54, 1.807) is 17.2 Å². The van der Waals surface area contributed by atoms with Crippen molar-refractivity contribution in [1.29, 1.82) is 0 Å². The summed E-state index contributed by atoms with van der Waals surface area (Å²) in [5, 5.41) is 0. The molecule has 0 amide bonds. The third kappa shape index (κ3) is 3.11. The zero-order chi connectivity index (χ0) is 19.9. The van der Waals surface area contributed by atoms with Crippen LogP contribution in [0.2, 0.25) is 0 Å². The first-order valence-electron chi connectivity index (χ1n) is 8.58. The standard InChI is InChI=1S/C20H17F3N4O/c1-13-3-5-14(6-4-13)26-10-9-24-11-16(26)18-19(20(21,22)23)25-17-8-7-15(28-2)12-27(17)18/h3-9,11-12H,10H2,1-2H3. The van der Waals surface area contributed by atoms with E-state index in [1.165, 1.54) is 30.0 Å². The minimum Gasteiger partial charge on any atom is -0.495 e. The summed E-state index contributed by atoms with van der Waals surface area (Å²) >= 11 is 0. The molecule has 144 valence electrons. The van der Waals surface area contributed by atoms with Crippen LogP contribution in [0.4, 0.5) is 18.9 Å². The van der Waals surface area contributed by atoms with Crippen molar-refractivity contribution in [2.75, 3.05) is 18.6 Å². The average Bonchev–Trinajstić information content (AvgIpc) is 3.07. The Morgan fingerprint density at radius 3 is 2.50 bits per heavy atom. The average molecular weight is 386 g/mol. The zero-order valence-corrected chi connectivity index (χ0v) is 15.2. The molecule has 0 bridgehead atoms. The number of anilines is 1. The van der Waals surface area contributed by atoms with E-state index in [0.717, 1.165) is 11.3 Å². The Balaban J connectivity index is 1.95. The van der Waals surface area contributed by atoms with Gasteiger partial charge in [-0.2, -0.15) is 13.2 Å². The van der Waals surface area contributed by atoms with Crippen LogP contribution >= 0.6 is 0 Å². The van der Waals surface area contributed by atoms with E-state index in [2.05, 4.69) is 9.98 Å². The van der Waals surface area contributed by atoms with Crippen LogP contribution in [0, 0.1) is 6.92 Å². The van der Waals surface area contributed by atoms with Gasteiger partial charge in [-0.25, -0.2) is 4.98 Å². The number of ether oxygens (including phenoxy) is 1. The van der Waals surface area contributed by atoms with Crippen molar-refractivity contribution in [2.24, 2.45) is 4.99 Å². The van der Waals surface area contributed by atoms with Gasteiger partial charge in [-0.15, -0.1) is 0 Å². The molecule has 0 atom stereocenters. The van der Waals surface area contributed by atoms with Gasteiger partial charge in [0.05, 0.1) is 31.7 Å². The molecule has 1 aromatic carbocycles. The number of methoxy groups -OCH3 is 1. The highest BCUT2D eigenvalue weighted by atomic mass is 19.4. The van der Waals surface area contributed by atoms with Crippen molar-refractivity contribution in [3.05, 3.63) is 65.7 Å². The lowest BCUT2D eigenvalue weighted by Gasteiger charge is -2.28. The molecule has 0 saturated heterocycles. The van der Waals surface area contributed by atoms with Crippen LogP contribution in [0.25, 0.3) is 11.3 Å². The second-order valence-electron chi connectivity index (χ2n) is 6.40. The van der Waals surface area contributed by atoms with Crippen LogP contribution in [0.15, 0.2) is 53.8 Å². The van der Waals surface area contributed by atoms with E-state index < -0.39 is 11.9 Å². The van der Waals surface area contributed by atoms with E-state index in [0.29, 0.717) is 18.0 Å². The fourth-order valence-corrected chi connectivity index (χ4v) is 3.17. The molecular formula is C20H17F3N4O. The lowest BCUT2D eigenvalue weighted by molar-refractivity contribution is -0.141. The molecule has 1 aliphatic rings. The second-order valence-corrected chi connectivity index (χ2v) is 6.40. The molecule has 2 aromatic heterocycles. The third-order valence-corrected chi connectivity index (χ3v) is 4.54. The van der Waals surface area contributed by atoms with E-state index in [1.807, 2.05) is 31.2 Å². The van der Waals surface area contributed by atoms with Crippen LogP contribution in [-0.2, 0) is 6.18 Å². The molecule has 3 aromatic rings. The predicted molar refractivity (Wildman–Crippen MR) is 102 cm³/mol. The number of nitrogens with zero attached hydrogens (tertiary/aromatic N) is 4. The first-order valence-corrected chi connectivity index (χ1v) is 8.58. The fourth-order valence-electron chi connectivity index (χ4n) is 3.17. The molecular weight excluding hydrogens is 369 g/mol. The van der Waals surface area contributed by atoms with Gasteiger partial charge in [0.2, 0.25) is 0 Å². The topological polar surface area (TPSA) is 42.1 Å². The fraction of sp³-hybridized carbons (Fsp3) is 0.200. The minimum absolute atomic E-state index is 0.0705. The minimum atomic E-state index is -4.62. The van der Waals surface area contributed by atoms with Crippen LogP contribution in [-0.4, -0.2) is 29.3 Å². The van der Waals surface area contributed by atoms with E-state index in [-0.39, 0.29) is 11.3 Å². The molecule has 5 nitrogen and oxygen atoms in total. The molecule has 0 saturated carbocycles. The van der Waals surface area contributed by atoms with Gasteiger partial charge < -0.3 is 9.64 Å². The zero-order valence-electron chi connectivity index (χ0n) is 15.2. The highest BCUT2D eigenvalue weighted by Crippen LogP contribution is 2.38. The Hall–Kier alpha value is -3.29. The van der Waals surface area contributed by atoms with Crippen molar-refractivity contribution in [2.45, 2.75) is 13.1 Å². The Labute approximate surface area is 159 Å². The molecule has 3 heterocycles. The largest absolute Gasteiger partial charge is 0.495 e. The number of fused-ring (bicyclic) bond motifs is 1. The Morgan fingerprint density at radius 2 is 1.82 bits per heavy atom. The molecule has 0 radical (unpaired) electrons. The van der Waals surface area contributed by atoms with Crippen LogP contribution in [0.5, 0.6) is 5.75 Å². The first kappa shape index (κ1) is 18.1. The summed E-state index contributed by atoms with van der Waals surface area (Å²) in [5.41, 5.74) is 1.31. The molecule has 28 heavy (non-hydrogen) atoms. The summed E-state index contributed by atoms with van der Waals surface area (Å²) in [4.78, 5) is 9.73. The van der Waals surface area contributed by atoms with Crippen molar-refractivity contribution in [3.63, 3.8) is 0 Å². The van der Waals surface area contributed by atoms with Gasteiger partial charge in [0.1, 0.15) is 17.1 Å². The summed E-state index contributed by atoms with van der Waals surface area (Å²) in [6.45, 7) is 2.31. The summed E-state index contributed by atoms with van der Waals surface area (Å²) < 4.78 is 48.0. The second kappa shape index (κ2) is 6.70. The van der Waals surface area contributed by atoms with Gasteiger partial charge in [-0.1, -0.05) is 17.7 Å². The molecule has 4 rings (SSSR count). The molecule has 0 unspecified atom stereocenters. The summed E-state index contributed by atoms with van der Waals surface area (Å²) in [5.74, 6) is 0.432. The quantitative estimate of drug-likeness (QED) is 0.663. The van der Waals surface area contributed by atoms with Gasteiger partial charge in [0.25, 0.3) is 0 Å². The SMILES string of the molecule is COc1ccc2nc(C(F)(F)F)c(C3=CN=CCN3c3ccc(C)cc3)n2c1. The molecule has 1 aliphatic heterocycles. The van der Waals surface area contributed by atoms with Gasteiger partial charge >= 0.3 is 6.18 Å². The maximum atomic E-state index is 13.8. The lowest BCUT2D eigenvalue weighted by atomic mass is 10.1. The molecule has 8 heteroatoms. The number of hydrogen-bond donors (Lipinski definition) is 0. The lowest BCUT2D eigenvalue weighted by Crippen LogP contribution is -2.28. The highest BCUT2D eigenvalue weighted by molar-refractivity contribution is 5.87. The van der Waals surface area contributed by atoms with Gasteiger partial charge in [0, 0.05) is 11.9 Å². The van der Waals surface area contributed by atoms with Gasteiger partial charge in [-0.05, 0) is 31.2 Å². The summed E-state index contributed by atoms with van der Waals surface area (Å²) in [7, 11) is 1.46. The normalized spacial score (nSPS) is 14.5. The monoisotopic (exact) mass is 386 g/mol. The number of benzene rings is 1. The number of pyridine rings is 1. The van der Waals surface area contributed by atoms with Crippen molar-refractivity contribution in [3.8, 4) is 5.75 Å². The van der Waals surface area contributed by atoms with Crippen LogP contribution in [0.1, 0.15) is 17.0 Å². The van der Waals surface area contributed by atoms with Crippen LogP contribution in [0.3, 0.4) is 0 Å². The summed E-state index contributed by atoms with van der Waals surface area (Å²) in [6.07, 6.45) is -0.0309. The molecule has 0 N–H and O–H groups in total. The Bertz CT molecular complexity index is 1080. The molecule has 0 aliphatic carbocycles. The number of alkyl halides is 3. The number of imidazole rings is 1. The van der Waals surface area contributed by atoms with Crippen molar-refractivity contribution < 1.29 is 17.9 Å². The van der Waals surface area contributed by atoms with E-state index >= 15 is 0 Å². The molecule has 0 fully saturated rings. The van der Waals surface area contributed by atoms with Gasteiger partial charge in [0.15, 0.2) is 5.69 Å².